The van der Waals surface area contributed by atoms with Crippen LogP contribution in [-0.4, -0.2) is 44.2 Å². The zero-order valence-electron chi connectivity index (χ0n) is 11.8. The Morgan fingerprint density at radius 2 is 1.79 bits per heavy atom. The predicted molar refractivity (Wildman–Crippen MR) is 79.7 cm³/mol. The van der Waals surface area contributed by atoms with E-state index in [4.69, 9.17) is 4.74 Å². The average molecular weight is 262 g/mol. The number of rotatable bonds is 8. The smallest absolute Gasteiger partial charge is 0.119 e. The Morgan fingerprint density at radius 3 is 2.58 bits per heavy atom. The normalized spacial score (nSPS) is 16.4. The molecule has 106 valence electrons. The van der Waals surface area contributed by atoms with Crippen LogP contribution in [0.1, 0.15) is 25.7 Å². The molecule has 0 aliphatic carbocycles. The highest BCUT2D eigenvalue weighted by Crippen LogP contribution is 2.08. The molecule has 0 bridgehead atoms. The van der Waals surface area contributed by atoms with Crippen molar-refractivity contribution < 1.29 is 4.74 Å². The lowest BCUT2D eigenvalue weighted by Gasteiger charge is -2.26. The second-order valence-electron chi connectivity index (χ2n) is 5.17. The summed E-state index contributed by atoms with van der Waals surface area (Å²) < 4.78 is 5.65. The molecule has 0 spiro atoms. The fourth-order valence-corrected chi connectivity index (χ4v) is 2.45. The van der Waals surface area contributed by atoms with Gasteiger partial charge in [0.25, 0.3) is 0 Å². The molecule has 1 saturated heterocycles. The van der Waals surface area contributed by atoms with Gasteiger partial charge in [-0.05, 0) is 51.0 Å². The molecule has 19 heavy (non-hydrogen) atoms. The lowest BCUT2D eigenvalue weighted by Crippen LogP contribution is -2.36. The highest BCUT2D eigenvalue weighted by molar-refractivity contribution is 5.20. The van der Waals surface area contributed by atoms with Gasteiger partial charge in [0.05, 0.1) is 6.61 Å². The van der Waals surface area contributed by atoms with E-state index in [2.05, 4.69) is 10.2 Å². The predicted octanol–water partition coefficient (Wildman–Crippen LogP) is 2.53. The lowest BCUT2D eigenvalue weighted by molar-refractivity contribution is 0.228. The molecule has 2 rings (SSSR count). The molecule has 0 aromatic heterocycles. The van der Waals surface area contributed by atoms with Crippen molar-refractivity contribution in [3.63, 3.8) is 0 Å². The van der Waals surface area contributed by atoms with Crippen molar-refractivity contribution >= 4 is 0 Å². The summed E-state index contributed by atoms with van der Waals surface area (Å²) in [7, 11) is 0. The molecule has 3 heteroatoms. The van der Waals surface area contributed by atoms with E-state index in [1.54, 1.807) is 0 Å². The SMILES string of the molecule is c1ccc(OCCCNCCN2CCCCC2)cc1. The molecule has 1 fully saturated rings. The van der Waals surface area contributed by atoms with Gasteiger partial charge in [0.15, 0.2) is 0 Å². The average Bonchev–Trinajstić information content (AvgIpc) is 2.48. The van der Waals surface area contributed by atoms with Gasteiger partial charge in [0.1, 0.15) is 5.75 Å². The van der Waals surface area contributed by atoms with Crippen molar-refractivity contribution in [1.82, 2.24) is 10.2 Å². The van der Waals surface area contributed by atoms with Gasteiger partial charge in [0.2, 0.25) is 0 Å². The molecule has 1 aromatic carbocycles. The van der Waals surface area contributed by atoms with E-state index in [-0.39, 0.29) is 0 Å². The quantitative estimate of drug-likeness (QED) is 0.729. The van der Waals surface area contributed by atoms with E-state index in [9.17, 15) is 0 Å². The number of hydrogen-bond acceptors (Lipinski definition) is 3. The van der Waals surface area contributed by atoms with Crippen LogP contribution in [0, 0.1) is 0 Å². The lowest BCUT2D eigenvalue weighted by atomic mass is 10.1. The second kappa shape index (κ2) is 8.94. The van der Waals surface area contributed by atoms with Crippen LogP contribution in [0.25, 0.3) is 0 Å². The summed E-state index contributed by atoms with van der Waals surface area (Å²) in [6.07, 6.45) is 5.24. The zero-order chi connectivity index (χ0) is 13.2. The van der Waals surface area contributed by atoms with Crippen molar-refractivity contribution in [2.75, 3.05) is 39.3 Å². The number of ether oxygens (including phenoxy) is 1. The standard InChI is InChI=1S/C16H26N2O/c1-3-8-16(9-4-1)19-15-7-10-17-11-14-18-12-5-2-6-13-18/h1,3-4,8-9,17H,2,5-7,10-15H2. The van der Waals surface area contributed by atoms with Gasteiger partial charge >= 0.3 is 0 Å². The number of benzene rings is 1. The van der Waals surface area contributed by atoms with Crippen LogP contribution < -0.4 is 10.1 Å². The van der Waals surface area contributed by atoms with Crippen molar-refractivity contribution in [3.8, 4) is 5.75 Å². The van der Waals surface area contributed by atoms with Gasteiger partial charge in [-0.3, -0.25) is 0 Å². The molecule has 0 unspecified atom stereocenters. The summed E-state index contributed by atoms with van der Waals surface area (Å²) in [6.45, 7) is 6.71. The largest absolute Gasteiger partial charge is 0.494 e. The first-order valence-electron chi connectivity index (χ1n) is 7.56. The van der Waals surface area contributed by atoms with Crippen LogP contribution in [0.2, 0.25) is 0 Å². The minimum Gasteiger partial charge on any atom is -0.494 e. The molecule has 3 nitrogen and oxygen atoms in total. The van der Waals surface area contributed by atoms with E-state index < -0.39 is 0 Å². The number of nitrogens with zero attached hydrogens (tertiary/aromatic N) is 1. The van der Waals surface area contributed by atoms with Gasteiger partial charge in [-0.15, -0.1) is 0 Å². The summed E-state index contributed by atoms with van der Waals surface area (Å²) in [5, 5.41) is 3.50. The van der Waals surface area contributed by atoms with Crippen LogP contribution >= 0.6 is 0 Å². The molecular weight excluding hydrogens is 236 g/mol. The van der Waals surface area contributed by atoms with Crippen LogP contribution in [0.5, 0.6) is 5.75 Å². The van der Waals surface area contributed by atoms with Gasteiger partial charge in [-0.2, -0.15) is 0 Å². The molecular formula is C16H26N2O. The van der Waals surface area contributed by atoms with Gasteiger partial charge < -0.3 is 15.0 Å². The molecule has 0 saturated carbocycles. The van der Waals surface area contributed by atoms with Gasteiger partial charge in [-0.25, -0.2) is 0 Å². The Morgan fingerprint density at radius 1 is 1.00 bits per heavy atom. The van der Waals surface area contributed by atoms with Crippen molar-refractivity contribution in [1.29, 1.82) is 0 Å². The first-order chi connectivity index (χ1) is 9.45. The molecule has 0 radical (unpaired) electrons. The van der Waals surface area contributed by atoms with E-state index in [0.29, 0.717) is 0 Å². The fourth-order valence-electron chi connectivity index (χ4n) is 2.45. The summed E-state index contributed by atoms with van der Waals surface area (Å²) in [5.41, 5.74) is 0. The maximum absolute atomic E-state index is 5.65. The Labute approximate surface area is 116 Å². The summed E-state index contributed by atoms with van der Waals surface area (Å²) in [4.78, 5) is 2.57. The third-order valence-corrected chi connectivity index (χ3v) is 3.56. The van der Waals surface area contributed by atoms with Gasteiger partial charge in [-0.1, -0.05) is 24.6 Å². The zero-order valence-corrected chi connectivity index (χ0v) is 11.8. The molecule has 0 amide bonds. The molecule has 0 atom stereocenters. The fraction of sp³-hybridized carbons (Fsp3) is 0.625. The molecule has 1 aliphatic rings. The second-order valence-corrected chi connectivity index (χ2v) is 5.17. The number of nitrogens with one attached hydrogen (secondary N) is 1. The monoisotopic (exact) mass is 262 g/mol. The first-order valence-corrected chi connectivity index (χ1v) is 7.56. The highest BCUT2D eigenvalue weighted by atomic mass is 16.5. The third-order valence-electron chi connectivity index (χ3n) is 3.56. The van der Waals surface area contributed by atoms with Crippen molar-refractivity contribution in [3.05, 3.63) is 30.3 Å². The Kier molecular flexibility index (Phi) is 6.75. The van der Waals surface area contributed by atoms with Gasteiger partial charge in [0, 0.05) is 13.1 Å². The van der Waals surface area contributed by atoms with Crippen LogP contribution in [-0.2, 0) is 0 Å². The Hall–Kier alpha value is -1.06. The van der Waals surface area contributed by atoms with E-state index in [1.807, 2.05) is 30.3 Å². The number of para-hydroxylation sites is 1. The van der Waals surface area contributed by atoms with Crippen molar-refractivity contribution in [2.45, 2.75) is 25.7 Å². The van der Waals surface area contributed by atoms with E-state index in [1.165, 1.54) is 38.9 Å². The molecule has 1 heterocycles. The van der Waals surface area contributed by atoms with Crippen LogP contribution in [0.15, 0.2) is 30.3 Å². The highest BCUT2D eigenvalue weighted by Gasteiger charge is 2.08. The summed E-state index contributed by atoms with van der Waals surface area (Å²) >= 11 is 0. The third kappa shape index (κ3) is 6.08. The van der Waals surface area contributed by atoms with Crippen LogP contribution in [0.3, 0.4) is 0 Å². The van der Waals surface area contributed by atoms with Crippen LogP contribution in [0.4, 0.5) is 0 Å². The minimum atomic E-state index is 0.792. The van der Waals surface area contributed by atoms with E-state index in [0.717, 1.165) is 31.9 Å². The number of hydrogen-bond donors (Lipinski definition) is 1. The Bertz CT molecular complexity index is 323. The van der Waals surface area contributed by atoms with E-state index >= 15 is 0 Å². The summed E-state index contributed by atoms with van der Waals surface area (Å²) in [5.74, 6) is 0.968. The minimum absolute atomic E-state index is 0.792. The first kappa shape index (κ1) is 14.4. The topological polar surface area (TPSA) is 24.5 Å². The maximum Gasteiger partial charge on any atom is 0.119 e. The molecule has 1 aromatic rings. The number of piperidine rings is 1. The summed E-state index contributed by atoms with van der Waals surface area (Å²) in [6, 6.07) is 10.0. The number of likely N-dealkylation sites (tertiary alicyclic amines) is 1. The molecule has 1 aliphatic heterocycles. The maximum atomic E-state index is 5.65. The molecule has 1 N–H and O–H groups in total. The Balaban J connectivity index is 1.42. The van der Waals surface area contributed by atoms with Crippen molar-refractivity contribution in [2.24, 2.45) is 0 Å².